The Morgan fingerprint density at radius 3 is 2.45 bits per heavy atom. The van der Waals surface area contributed by atoms with Crippen LogP contribution in [0.2, 0.25) is 0 Å². The monoisotopic (exact) mass is 298 g/mol. The molecule has 4 nitrogen and oxygen atoms in total. The van der Waals surface area contributed by atoms with Crippen LogP contribution < -0.4 is 4.74 Å². The fraction of sp³-hybridized carbons (Fsp3) is 0.278. The summed E-state index contributed by atoms with van der Waals surface area (Å²) >= 11 is 0. The van der Waals surface area contributed by atoms with Crippen LogP contribution in [0.1, 0.15) is 25.0 Å². The standard InChI is InChI=1S/C18H18O4/c1-3-21-16(19)17(2)18(20,13-9-5-4-6-10-13)14-11-7-8-12-15(14)22-17/h4-12,20H,3H2,1-2H3/t17-,18-/m0/s1. The van der Waals surface area contributed by atoms with Crippen LogP contribution in [0, 0.1) is 0 Å². The van der Waals surface area contributed by atoms with Gasteiger partial charge >= 0.3 is 5.97 Å². The molecule has 22 heavy (non-hydrogen) atoms. The second-order valence-corrected chi connectivity index (χ2v) is 5.43. The molecule has 1 aliphatic rings. The number of rotatable bonds is 3. The molecule has 1 N–H and O–H groups in total. The Balaban J connectivity index is 2.22. The van der Waals surface area contributed by atoms with E-state index in [1.54, 1.807) is 44.2 Å². The maximum Gasteiger partial charge on any atom is 0.354 e. The smallest absolute Gasteiger partial charge is 0.354 e. The molecule has 0 saturated heterocycles. The fourth-order valence-electron chi connectivity index (χ4n) is 2.97. The zero-order chi connectivity index (χ0) is 15.8. The zero-order valence-corrected chi connectivity index (χ0v) is 12.6. The van der Waals surface area contributed by atoms with Gasteiger partial charge in [-0.25, -0.2) is 4.79 Å². The Hall–Kier alpha value is -2.33. The molecule has 1 aliphatic heterocycles. The molecule has 0 saturated carbocycles. The van der Waals surface area contributed by atoms with Gasteiger partial charge in [0.25, 0.3) is 0 Å². The Morgan fingerprint density at radius 1 is 1.14 bits per heavy atom. The van der Waals surface area contributed by atoms with Gasteiger partial charge in [0.05, 0.1) is 6.61 Å². The third kappa shape index (κ3) is 1.84. The molecule has 4 heteroatoms. The molecule has 114 valence electrons. The van der Waals surface area contributed by atoms with E-state index < -0.39 is 17.2 Å². The summed E-state index contributed by atoms with van der Waals surface area (Å²) in [6.07, 6.45) is 0. The van der Waals surface area contributed by atoms with Crippen LogP contribution in [0.3, 0.4) is 0 Å². The van der Waals surface area contributed by atoms with Crippen LogP contribution in [-0.4, -0.2) is 23.3 Å². The lowest BCUT2D eigenvalue weighted by atomic mass is 9.75. The number of benzene rings is 2. The molecule has 2 aromatic rings. The van der Waals surface area contributed by atoms with Crippen molar-refractivity contribution in [2.24, 2.45) is 0 Å². The minimum atomic E-state index is -1.60. The normalized spacial score (nSPS) is 26.1. The highest BCUT2D eigenvalue weighted by Gasteiger charge is 2.63. The van der Waals surface area contributed by atoms with Crippen LogP contribution in [0.25, 0.3) is 0 Å². The van der Waals surface area contributed by atoms with E-state index in [4.69, 9.17) is 9.47 Å². The van der Waals surface area contributed by atoms with Crippen molar-refractivity contribution in [1.29, 1.82) is 0 Å². The van der Waals surface area contributed by atoms with Crippen molar-refractivity contribution >= 4 is 5.97 Å². The average molecular weight is 298 g/mol. The number of fused-ring (bicyclic) bond motifs is 1. The Bertz CT molecular complexity index is 697. The Labute approximate surface area is 129 Å². The quantitative estimate of drug-likeness (QED) is 0.885. The maximum absolute atomic E-state index is 12.5. The molecule has 0 unspecified atom stereocenters. The number of aliphatic hydroxyl groups is 1. The summed E-state index contributed by atoms with van der Waals surface area (Å²) in [5.41, 5.74) is -1.97. The van der Waals surface area contributed by atoms with E-state index in [1.165, 1.54) is 0 Å². The van der Waals surface area contributed by atoms with E-state index in [-0.39, 0.29) is 6.61 Å². The molecule has 2 atom stereocenters. The van der Waals surface area contributed by atoms with Crippen molar-refractivity contribution in [2.45, 2.75) is 25.0 Å². The lowest BCUT2D eigenvalue weighted by Gasteiger charge is -2.36. The topological polar surface area (TPSA) is 55.8 Å². The zero-order valence-electron chi connectivity index (χ0n) is 12.6. The summed E-state index contributed by atoms with van der Waals surface area (Å²) in [4.78, 5) is 12.5. The first kappa shape index (κ1) is 14.6. The van der Waals surface area contributed by atoms with Crippen LogP contribution >= 0.6 is 0 Å². The van der Waals surface area contributed by atoms with Crippen molar-refractivity contribution in [3.8, 4) is 5.75 Å². The van der Waals surface area contributed by atoms with E-state index in [0.29, 0.717) is 16.9 Å². The Kier molecular flexibility index (Phi) is 3.41. The average Bonchev–Trinajstić information content (AvgIpc) is 2.79. The lowest BCUT2D eigenvalue weighted by molar-refractivity contribution is -0.175. The van der Waals surface area contributed by atoms with Gasteiger partial charge in [-0.15, -0.1) is 0 Å². The number of ether oxygens (including phenoxy) is 2. The van der Waals surface area contributed by atoms with E-state index in [0.717, 1.165) is 0 Å². The fourth-order valence-corrected chi connectivity index (χ4v) is 2.97. The summed E-state index contributed by atoms with van der Waals surface area (Å²) in [6.45, 7) is 3.52. The molecule has 0 aliphatic carbocycles. The lowest BCUT2D eigenvalue weighted by Crippen LogP contribution is -2.56. The summed E-state index contributed by atoms with van der Waals surface area (Å²) in [6, 6.07) is 16.2. The summed E-state index contributed by atoms with van der Waals surface area (Å²) in [5.74, 6) is -0.0954. The van der Waals surface area contributed by atoms with Gasteiger partial charge in [-0.3, -0.25) is 0 Å². The largest absolute Gasteiger partial charge is 0.472 e. The molecule has 0 fully saturated rings. The summed E-state index contributed by atoms with van der Waals surface area (Å²) in [7, 11) is 0. The molecule has 0 aromatic heterocycles. The first-order valence-corrected chi connectivity index (χ1v) is 7.27. The van der Waals surface area contributed by atoms with E-state index in [2.05, 4.69) is 0 Å². The second kappa shape index (κ2) is 5.14. The molecular weight excluding hydrogens is 280 g/mol. The number of para-hydroxylation sites is 1. The first-order valence-electron chi connectivity index (χ1n) is 7.27. The number of hydrogen-bond acceptors (Lipinski definition) is 4. The molecule has 2 aromatic carbocycles. The van der Waals surface area contributed by atoms with Crippen molar-refractivity contribution in [3.05, 3.63) is 65.7 Å². The van der Waals surface area contributed by atoms with Crippen molar-refractivity contribution < 1.29 is 19.4 Å². The maximum atomic E-state index is 12.5. The molecule has 3 rings (SSSR count). The van der Waals surface area contributed by atoms with Crippen LogP contribution in [-0.2, 0) is 15.1 Å². The molecule has 0 spiro atoms. The highest BCUT2D eigenvalue weighted by atomic mass is 16.6. The van der Waals surface area contributed by atoms with Crippen molar-refractivity contribution in [2.75, 3.05) is 6.61 Å². The van der Waals surface area contributed by atoms with Crippen LogP contribution in [0.4, 0.5) is 0 Å². The highest BCUT2D eigenvalue weighted by molar-refractivity contribution is 5.85. The molecule has 0 bridgehead atoms. The van der Waals surface area contributed by atoms with Gasteiger partial charge in [0.1, 0.15) is 5.75 Å². The number of hydrogen-bond donors (Lipinski definition) is 1. The van der Waals surface area contributed by atoms with Gasteiger partial charge in [0.15, 0.2) is 5.60 Å². The Morgan fingerprint density at radius 2 is 1.77 bits per heavy atom. The first-order chi connectivity index (χ1) is 10.5. The predicted octanol–water partition coefficient (Wildman–Crippen LogP) is 2.64. The second-order valence-electron chi connectivity index (χ2n) is 5.43. The summed E-state index contributed by atoms with van der Waals surface area (Å²) < 4.78 is 11.0. The van der Waals surface area contributed by atoms with E-state index in [9.17, 15) is 9.90 Å². The third-order valence-electron chi connectivity index (χ3n) is 4.14. The van der Waals surface area contributed by atoms with E-state index in [1.807, 2.05) is 24.3 Å². The number of carbonyl (C=O) groups is 1. The highest BCUT2D eigenvalue weighted by Crippen LogP contribution is 2.51. The minimum Gasteiger partial charge on any atom is -0.472 e. The number of carbonyl (C=O) groups excluding carboxylic acids is 1. The molecule has 1 heterocycles. The van der Waals surface area contributed by atoms with Crippen molar-refractivity contribution in [1.82, 2.24) is 0 Å². The van der Waals surface area contributed by atoms with Gasteiger partial charge < -0.3 is 14.6 Å². The third-order valence-corrected chi connectivity index (χ3v) is 4.14. The van der Waals surface area contributed by atoms with Gasteiger partial charge in [-0.05, 0) is 25.5 Å². The van der Waals surface area contributed by atoms with Crippen LogP contribution in [0.15, 0.2) is 54.6 Å². The van der Waals surface area contributed by atoms with Gasteiger partial charge in [-0.2, -0.15) is 0 Å². The molecule has 0 amide bonds. The van der Waals surface area contributed by atoms with Gasteiger partial charge in [0.2, 0.25) is 5.60 Å². The molecule has 0 radical (unpaired) electrons. The van der Waals surface area contributed by atoms with Gasteiger partial charge in [-0.1, -0.05) is 48.5 Å². The van der Waals surface area contributed by atoms with Crippen molar-refractivity contribution in [3.63, 3.8) is 0 Å². The van der Waals surface area contributed by atoms with Crippen LogP contribution in [0.5, 0.6) is 5.75 Å². The number of esters is 1. The summed E-state index contributed by atoms with van der Waals surface area (Å²) in [5, 5.41) is 11.5. The minimum absolute atomic E-state index is 0.221. The molecular formula is C18H18O4. The van der Waals surface area contributed by atoms with Gasteiger partial charge in [0, 0.05) is 5.56 Å². The van der Waals surface area contributed by atoms with E-state index >= 15 is 0 Å². The SMILES string of the molecule is CCOC(=O)[C@]1(C)Oc2ccccc2[C@@]1(O)c1ccccc1. The predicted molar refractivity (Wildman–Crippen MR) is 81.5 cm³/mol.